The molecule has 0 saturated carbocycles. The molecule has 3 heterocycles. The summed E-state index contributed by atoms with van der Waals surface area (Å²) >= 11 is 0. The van der Waals surface area contributed by atoms with Gasteiger partial charge in [0.2, 0.25) is 0 Å². The Morgan fingerprint density at radius 1 is 1.29 bits per heavy atom. The highest BCUT2D eigenvalue weighted by Gasteiger charge is 2.48. The first-order chi connectivity index (χ1) is 13.4. The summed E-state index contributed by atoms with van der Waals surface area (Å²) in [6.07, 6.45) is 4.98. The smallest absolute Gasteiger partial charge is 0.316 e. The number of carbonyl (C=O) groups excluding carboxylic acids is 1. The van der Waals surface area contributed by atoms with E-state index in [1.54, 1.807) is 30.6 Å². The lowest BCUT2D eigenvalue weighted by atomic mass is 9.90. The third-order valence-corrected chi connectivity index (χ3v) is 5.75. The normalized spacial score (nSPS) is 23.4. The summed E-state index contributed by atoms with van der Waals surface area (Å²) in [5, 5.41) is 0. The maximum Gasteiger partial charge on any atom is 0.316 e. The summed E-state index contributed by atoms with van der Waals surface area (Å²) in [6.45, 7) is 5.69. The Morgan fingerprint density at radius 3 is 2.82 bits per heavy atom. The van der Waals surface area contributed by atoms with Crippen LogP contribution < -0.4 is 9.64 Å². The van der Waals surface area contributed by atoms with E-state index in [4.69, 9.17) is 4.74 Å². The molecule has 2 aromatic rings. The third-order valence-electron chi connectivity index (χ3n) is 5.75. The molecule has 0 N–H and O–H groups in total. The van der Waals surface area contributed by atoms with Crippen molar-refractivity contribution < 1.29 is 13.9 Å². The van der Waals surface area contributed by atoms with E-state index >= 15 is 0 Å². The summed E-state index contributed by atoms with van der Waals surface area (Å²) in [4.78, 5) is 24.8. The molecular formula is C21H25FN4O2. The Hall–Kier alpha value is -2.70. The predicted molar refractivity (Wildman–Crippen MR) is 104 cm³/mol. The Balaban J connectivity index is 1.43. The largest absolute Gasteiger partial charge is 0.453 e. The molecule has 0 spiro atoms. The average molecular weight is 384 g/mol. The molecular weight excluding hydrogens is 359 g/mol. The number of anilines is 1. The van der Waals surface area contributed by atoms with Gasteiger partial charge in [-0.1, -0.05) is 6.07 Å². The average Bonchev–Trinajstić information content (AvgIpc) is 2.95. The topological polar surface area (TPSA) is 58.6 Å². The number of fused-ring (bicyclic) bond motifs is 1. The molecule has 2 aliphatic heterocycles. The molecule has 0 radical (unpaired) electrons. The number of benzene rings is 1. The van der Waals surface area contributed by atoms with E-state index in [0.29, 0.717) is 25.0 Å². The molecule has 1 amide bonds. The number of hydrogen-bond acceptors (Lipinski definition) is 5. The second-order valence-corrected chi connectivity index (χ2v) is 8.14. The first kappa shape index (κ1) is 18.7. The number of halogens is 1. The van der Waals surface area contributed by atoms with Crippen molar-refractivity contribution in [2.45, 2.75) is 38.3 Å². The maximum atomic E-state index is 13.8. The van der Waals surface area contributed by atoms with Crippen LogP contribution in [0.4, 0.5) is 10.1 Å². The van der Waals surface area contributed by atoms with Gasteiger partial charge in [-0.15, -0.1) is 0 Å². The van der Waals surface area contributed by atoms with Gasteiger partial charge >= 0.3 is 6.01 Å². The first-order valence-electron chi connectivity index (χ1n) is 9.66. The van der Waals surface area contributed by atoms with Gasteiger partial charge in [-0.3, -0.25) is 4.79 Å². The van der Waals surface area contributed by atoms with Gasteiger partial charge in [0, 0.05) is 42.8 Å². The van der Waals surface area contributed by atoms with Crippen LogP contribution in [0.3, 0.4) is 0 Å². The number of aromatic nitrogens is 2. The molecule has 2 saturated heterocycles. The zero-order chi connectivity index (χ0) is 19.7. The number of nitrogens with zero attached hydrogens (tertiary/aromatic N) is 4. The molecule has 28 heavy (non-hydrogen) atoms. The van der Waals surface area contributed by atoms with E-state index < -0.39 is 0 Å². The van der Waals surface area contributed by atoms with Gasteiger partial charge in [-0.05, 0) is 56.9 Å². The van der Waals surface area contributed by atoms with Crippen molar-refractivity contribution in [2.75, 3.05) is 24.6 Å². The van der Waals surface area contributed by atoms with Crippen LogP contribution in [-0.4, -0.2) is 52.1 Å². The number of carbonyl (C=O) groups is 1. The molecule has 4 rings (SSSR count). The molecule has 1 aromatic heterocycles. The zero-order valence-electron chi connectivity index (χ0n) is 16.2. The summed E-state index contributed by atoms with van der Waals surface area (Å²) in [7, 11) is 0. The summed E-state index contributed by atoms with van der Waals surface area (Å²) < 4.78 is 19.2. The molecule has 2 fully saturated rings. The number of ether oxygens (including phenoxy) is 1. The number of rotatable bonds is 4. The summed E-state index contributed by atoms with van der Waals surface area (Å²) in [5.74, 6) is 0.0847. The quantitative estimate of drug-likeness (QED) is 0.811. The molecule has 0 aliphatic carbocycles. The van der Waals surface area contributed by atoms with Crippen molar-refractivity contribution in [3.63, 3.8) is 0 Å². The molecule has 1 aromatic carbocycles. The lowest BCUT2D eigenvalue weighted by Crippen LogP contribution is -2.51. The van der Waals surface area contributed by atoms with Gasteiger partial charge in [-0.2, -0.15) is 0 Å². The first-order valence-corrected chi connectivity index (χ1v) is 9.66. The highest BCUT2D eigenvalue weighted by Crippen LogP contribution is 2.44. The minimum atomic E-state index is -0.218. The molecule has 0 bridgehead atoms. The van der Waals surface area contributed by atoms with Crippen LogP contribution in [0, 0.1) is 11.7 Å². The minimum Gasteiger partial charge on any atom is -0.453 e. The van der Waals surface area contributed by atoms with Gasteiger partial charge in [0.05, 0.1) is 0 Å². The number of amides is 1. The van der Waals surface area contributed by atoms with Crippen molar-refractivity contribution >= 4 is 11.6 Å². The lowest BCUT2D eigenvalue weighted by molar-refractivity contribution is -0.135. The Bertz CT molecular complexity index is 845. The van der Waals surface area contributed by atoms with Crippen LogP contribution in [0.5, 0.6) is 6.01 Å². The van der Waals surface area contributed by atoms with Crippen LogP contribution >= 0.6 is 0 Å². The van der Waals surface area contributed by atoms with Crippen molar-refractivity contribution in [2.24, 2.45) is 5.92 Å². The van der Waals surface area contributed by atoms with Crippen molar-refractivity contribution in [3.8, 4) is 6.01 Å². The standard InChI is InChI=1S/C21H25FN4O2/c1-21(2)12-15-13-25(19(27)14-28-20-23-8-4-9-24-20)10-7-18(15)26(21)17-6-3-5-16(22)11-17/h3-6,8-9,11,15,18H,7,10,12-14H2,1-2H3/t15-,18+/m1/s1. The van der Waals surface area contributed by atoms with Gasteiger partial charge in [0.1, 0.15) is 5.82 Å². The van der Waals surface area contributed by atoms with E-state index in [0.717, 1.165) is 18.5 Å². The summed E-state index contributed by atoms with van der Waals surface area (Å²) in [6, 6.07) is 9.03. The van der Waals surface area contributed by atoms with Gasteiger partial charge in [0.15, 0.2) is 6.61 Å². The molecule has 148 valence electrons. The molecule has 7 heteroatoms. The molecule has 0 unspecified atom stereocenters. The number of hydrogen-bond donors (Lipinski definition) is 0. The van der Waals surface area contributed by atoms with Crippen LogP contribution in [0.1, 0.15) is 26.7 Å². The lowest BCUT2D eigenvalue weighted by Gasteiger charge is -2.41. The van der Waals surface area contributed by atoms with Gasteiger partial charge < -0.3 is 14.5 Å². The SMILES string of the molecule is CC1(C)C[C@@H]2CN(C(=O)COc3ncccn3)CC[C@@H]2N1c1cccc(F)c1. The molecule has 2 atom stereocenters. The second kappa shape index (κ2) is 7.37. The maximum absolute atomic E-state index is 13.8. The third kappa shape index (κ3) is 3.66. The predicted octanol–water partition coefficient (Wildman–Crippen LogP) is 2.90. The Kier molecular flexibility index (Phi) is 4.91. The summed E-state index contributed by atoms with van der Waals surface area (Å²) in [5.41, 5.74) is 0.832. The van der Waals surface area contributed by atoms with Crippen LogP contribution in [0.2, 0.25) is 0 Å². The number of piperidine rings is 1. The second-order valence-electron chi connectivity index (χ2n) is 8.14. The van der Waals surface area contributed by atoms with E-state index in [9.17, 15) is 9.18 Å². The van der Waals surface area contributed by atoms with Gasteiger partial charge in [0.25, 0.3) is 5.91 Å². The zero-order valence-corrected chi connectivity index (χ0v) is 16.2. The highest BCUT2D eigenvalue weighted by molar-refractivity contribution is 5.78. The monoisotopic (exact) mass is 384 g/mol. The van der Waals surface area contributed by atoms with Crippen molar-refractivity contribution in [1.82, 2.24) is 14.9 Å². The molecule has 2 aliphatic rings. The van der Waals surface area contributed by atoms with Gasteiger partial charge in [-0.25, -0.2) is 14.4 Å². The Labute approximate surface area is 164 Å². The van der Waals surface area contributed by atoms with E-state index in [1.807, 2.05) is 11.0 Å². The number of likely N-dealkylation sites (tertiary alicyclic amines) is 1. The van der Waals surface area contributed by atoms with Crippen LogP contribution in [0.15, 0.2) is 42.7 Å². The van der Waals surface area contributed by atoms with Crippen molar-refractivity contribution in [1.29, 1.82) is 0 Å². The van der Waals surface area contributed by atoms with Crippen LogP contribution in [-0.2, 0) is 4.79 Å². The fourth-order valence-corrected chi connectivity index (χ4v) is 4.72. The van der Waals surface area contributed by atoms with E-state index in [2.05, 4.69) is 28.7 Å². The Morgan fingerprint density at radius 2 is 2.07 bits per heavy atom. The van der Waals surface area contributed by atoms with E-state index in [-0.39, 0.29) is 29.9 Å². The van der Waals surface area contributed by atoms with Crippen LogP contribution in [0.25, 0.3) is 0 Å². The fraction of sp³-hybridized carbons (Fsp3) is 0.476. The highest BCUT2D eigenvalue weighted by atomic mass is 19.1. The van der Waals surface area contributed by atoms with E-state index in [1.165, 1.54) is 6.07 Å². The minimum absolute atomic E-state index is 0.0482. The molecule has 6 nitrogen and oxygen atoms in total. The fourth-order valence-electron chi connectivity index (χ4n) is 4.72. The van der Waals surface area contributed by atoms with Crippen molar-refractivity contribution in [3.05, 3.63) is 48.5 Å².